The minimum Gasteiger partial charge on any atom is -0.490 e. The number of nitrogens with two attached hydrogens (primary N) is 1. The molecule has 1 atom stereocenters. The van der Waals surface area contributed by atoms with Crippen LogP contribution in [0.3, 0.4) is 0 Å². The highest BCUT2D eigenvalue weighted by molar-refractivity contribution is 7.21. The van der Waals surface area contributed by atoms with Crippen LogP contribution in [0.4, 0.5) is 0 Å². The Morgan fingerprint density at radius 2 is 1.88 bits per heavy atom. The third-order valence-corrected chi connectivity index (χ3v) is 8.66. The second-order valence-electron chi connectivity index (χ2n) is 9.59. The second kappa shape index (κ2) is 13.0. The van der Waals surface area contributed by atoms with Crippen LogP contribution in [0.1, 0.15) is 59.8 Å². The Bertz CT molecular complexity index is 1730. The molecular formula is C32H28Cl2N2O5S. The first-order chi connectivity index (χ1) is 20.3. The van der Waals surface area contributed by atoms with E-state index < -0.39 is 11.9 Å². The average molecular weight is 624 g/mol. The normalized spacial score (nSPS) is 14.2. The zero-order valence-corrected chi connectivity index (χ0v) is 25.4. The molecule has 2 heterocycles. The zero-order valence-electron chi connectivity index (χ0n) is 23.0. The first-order valence-electron chi connectivity index (χ1n) is 13.5. The molecule has 42 heavy (non-hydrogen) atoms. The molecule has 1 aliphatic rings. The number of ether oxygens (including phenoxy) is 4. The number of esters is 1. The molecule has 1 aliphatic heterocycles. The Kier molecular flexibility index (Phi) is 9.12. The number of carbonyl (C=O) groups excluding carboxylic acids is 1. The number of hydrogen-bond donors (Lipinski definition) is 1. The maximum atomic E-state index is 13.1. The average Bonchev–Trinajstić information content (AvgIpc) is 3.30. The summed E-state index contributed by atoms with van der Waals surface area (Å²) in [5.74, 6) is 0.671. The molecule has 0 saturated carbocycles. The number of fused-ring (bicyclic) bond motifs is 2. The van der Waals surface area contributed by atoms with Crippen molar-refractivity contribution in [3.05, 3.63) is 92.1 Å². The van der Waals surface area contributed by atoms with Crippen molar-refractivity contribution in [2.45, 2.75) is 39.0 Å². The molecule has 0 aliphatic carbocycles. The van der Waals surface area contributed by atoms with Gasteiger partial charge in [0.15, 0.2) is 11.5 Å². The van der Waals surface area contributed by atoms with Crippen molar-refractivity contribution in [2.75, 3.05) is 13.2 Å². The number of benzene rings is 3. The van der Waals surface area contributed by atoms with E-state index in [1.807, 2.05) is 25.1 Å². The predicted molar refractivity (Wildman–Crippen MR) is 165 cm³/mol. The number of hydrogen-bond acceptors (Lipinski definition) is 8. The van der Waals surface area contributed by atoms with Crippen LogP contribution in [0.2, 0.25) is 10.0 Å². The van der Waals surface area contributed by atoms with Gasteiger partial charge in [-0.2, -0.15) is 5.26 Å². The number of nitriles is 1. The van der Waals surface area contributed by atoms with Crippen LogP contribution < -0.4 is 24.7 Å². The molecule has 7 nitrogen and oxygen atoms in total. The third kappa shape index (κ3) is 6.00. The van der Waals surface area contributed by atoms with Crippen molar-refractivity contribution in [3.8, 4) is 29.1 Å². The Morgan fingerprint density at radius 1 is 1.05 bits per heavy atom. The topological polar surface area (TPSA) is 104 Å². The molecule has 5 rings (SSSR count). The van der Waals surface area contributed by atoms with Gasteiger partial charge in [-0.25, -0.2) is 4.79 Å². The van der Waals surface area contributed by atoms with Crippen molar-refractivity contribution in [2.24, 2.45) is 5.73 Å². The predicted octanol–water partition coefficient (Wildman–Crippen LogP) is 8.61. The molecule has 1 unspecified atom stereocenters. The van der Waals surface area contributed by atoms with E-state index in [-0.39, 0.29) is 22.1 Å². The number of nitrogens with zero attached hydrogens (tertiary/aromatic N) is 1. The van der Waals surface area contributed by atoms with Crippen LogP contribution in [-0.4, -0.2) is 19.2 Å². The van der Waals surface area contributed by atoms with E-state index in [1.54, 1.807) is 36.4 Å². The fraction of sp³-hybridized carbons (Fsp3) is 0.250. The maximum absolute atomic E-state index is 13.1. The van der Waals surface area contributed by atoms with E-state index in [1.165, 1.54) is 11.3 Å². The monoisotopic (exact) mass is 622 g/mol. The smallest absolute Gasteiger partial charge is 0.355 e. The van der Waals surface area contributed by atoms with Crippen LogP contribution >= 0.6 is 34.5 Å². The number of allylic oxidation sites excluding steroid dienone is 1. The minimum atomic E-state index is -0.609. The van der Waals surface area contributed by atoms with Crippen LogP contribution in [0, 0.1) is 11.3 Å². The van der Waals surface area contributed by atoms with Gasteiger partial charge in [-0.3, -0.25) is 0 Å². The van der Waals surface area contributed by atoms with E-state index in [0.29, 0.717) is 46.1 Å². The van der Waals surface area contributed by atoms with E-state index in [4.69, 9.17) is 47.9 Å². The van der Waals surface area contributed by atoms with Crippen molar-refractivity contribution in [1.82, 2.24) is 0 Å². The fourth-order valence-electron chi connectivity index (χ4n) is 4.79. The molecule has 0 fully saturated rings. The van der Waals surface area contributed by atoms with Gasteiger partial charge in [0, 0.05) is 26.7 Å². The van der Waals surface area contributed by atoms with Gasteiger partial charge < -0.3 is 24.7 Å². The van der Waals surface area contributed by atoms with Crippen LogP contribution in [-0.2, 0) is 0 Å². The number of thiophene rings is 1. The van der Waals surface area contributed by atoms with Gasteiger partial charge in [0.05, 0.1) is 24.2 Å². The summed E-state index contributed by atoms with van der Waals surface area (Å²) in [7, 11) is 0. The number of carbonyl (C=O) groups is 1. The van der Waals surface area contributed by atoms with Crippen molar-refractivity contribution < 1.29 is 23.7 Å². The zero-order chi connectivity index (χ0) is 29.8. The number of rotatable bonds is 10. The lowest BCUT2D eigenvalue weighted by molar-refractivity contribution is 0.0740. The highest BCUT2D eigenvalue weighted by Gasteiger charge is 2.32. The molecular weight excluding hydrogens is 595 g/mol. The third-order valence-electron chi connectivity index (χ3n) is 6.78. The van der Waals surface area contributed by atoms with E-state index in [0.717, 1.165) is 34.9 Å². The fourth-order valence-corrected chi connectivity index (χ4v) is 6.45. The van der Waals surface area contributed by atoms with E-state index in [9.17, 15) is 10.1 Å². The largest absolute Gasteiger partial charge is 0.490 e. The molecule has 2 N–H and O–H groups in total. The summed E-state index contributed by atoms with van der Waals surface area (Å²) in [6.45, 7) is 5.09. The Hall–Kier alpha value is -3.90. The molecule has 0 saturated heterocycles. The van der Waals surface area contributed by atoms with Gasteiger partial charge in [-0.1, -0.05) is 61.2 Å². The summed E-state index contributed by atoms with van der Waals surface area (Å²) < 4.78 is 24.2. The lowest BCUT2D eigenvalue weighted by Crippen LogP contribution is -2.21. The Balaban J connectivity index is 1.45. The Labute approximate surface area is 258 Å². The van der Waals surface area contributed by atoms with Gasteiger partial charge in [0.25, 0.3) is 0 Å². The van der Waals surface area contributed by atoms with Crippen LogP contribution in [0.5, 0.6) is 23.0 Å². The van der Waals surface area contributed by atoms with Gasteiger partial charge in [0.2, 0.25) is 5.88 Å². The highest BCUT2D eigenvalue weighted by Crippen LogP contribution is 2.45. The molecule has 3 aromatic carbocycles. The van der Waals surface area contributed by atoms with Gasteiger partial charge in [-0.05, 0) is 49.2 Å². The minimum absolute atomic E-state index is 0.0271. The summed E-state index contributed by atoms with van der Waals surface area (Å²) in [5.41, 5.74) is 7.95. The van der Waals surface area contributed by atoms with Gasteiger partial charge >= 0.3 is 5.97 Å². The first-order valence-corrected chi connectivity index (χ1v) is 15.1. The summed E-state index contributed by atoms with van der Waals surface area (Å²) in [6, 6.07) is 18.0. The lowest BCUT2D eigenvalue weighted by atomic mass is 9.83. The lowest BCUT2D eigenvalue weighted by Gasteiger charge is -2.27. The molecule has 0 amide bonds. The Morgan fingerprint density at radius 3 is 2.64 bits per heavy atom. The molecule has 0 bridgehead atoms. The van der Waals surface area contributed by atoms with Gasteiger partial charge in [0.1, 0.15) is 28.0 Å². The van der Waals surface area contributed by atoms with Crippen molar-refractivity contribution in [1.29, 1.82) is 5.26 Å². The summed E-state index contributed by atoms with van der Waals surface area (Å²) in [4.78, 5) is 13.3. The molecule has 1 aromatic heterocycles. The van der Waals surface area contributed by atoms with E-state index in [2.05, 4.69) is 13.0 Å². The number of halogens is 2. The highest BCUT2D eigenvalue weighted by atomic mass is 35.5. The van der Waals surface area contributed by atoms with Crippen molar-refractivity contribution in [3.63, 3.8) is 0 Å². The molecule has 216 valence electrons. The summed E-state index contributed by atoms with van der Waals surface area (Å²) >= 11 is 13.8. The molecule has 10 heteroatoms. The van der Waals surface area contributed by atoms with Gasteiger partial charge in [-0.15, -0.1) is 11.3 Å². The van der Waals surface area contributed by atoms with Crippen LogP contribution in [0.15, 0.2) is 66.1 Å². The molecule has 4 aromatic rings. The number of unbranched alkanes of at least 4 members (excludes halogenated alkanes) is 2. The second-order valence-corrected chi connectivity index (χ2v) is 11.5. The van der Waals surface area contributed by atoms with Crippen LogP contribution in [0.25, 0.3) is 10.1 Å². The SMILES string of the molecule is CCCCCOc1ccc(C2C(C#N)=C(N)Oc3cc(OC(=O)c4sc5cc(Cl)ccc5c4Cl)ccc32)cc1OCC. The summed E-state index contributed by atoms with van der Waals surface area (Å²) in [6.07, 6.45) is 3.13. The maximum Gasteiger partial charge on any atom is 0.355 e. The standard InChI is InChI=1S/C32H28Cl2N2O5S/c1-3-5-6-13-39-24-12-7-18(14-26(24)38-4-2)28-21-11-9-20(16-25(21)41-31(36)23(28)17-35)40-32(37)30-29(34)22-10-8-19(33)15-27(22)42-30/h7-12,14-16,28H,3-6,13,36H2,1-2H3. The molecule has 0 radical (unpaired) electrons. The quantitative estimate of drug-likeness (QED) is 0.107. The first kappa shape index (κ1) is 29.6. The van der Waals surface area contributed by atoms with E-state index >= 15 is 0 Å². The molecule has 0 spiro atoms. The summed E-state index contributed by atoms with van der Waals surface area (Å²) in [5, 5.41) is 11.6. The van der Waals surface area contributed by atoms with Crippen molar-refractivity contribution >= 4 is 50.6 Å².